The summed E-state index contributed by atoms with van der Waals surface area (Å²) in [5.41, 5.74) is 5.90. The van der Waals surface area contributed by atoms with E-state index in [1.807, 2.05) is 86.5 Å². The van der Waals surface area contributed by atoms with Crippen molar-refractivity contribution in [1.82, 2.24) is 39.5 Å². The van der Waals surface area contributed by atoms with Gasteiger partial charge >= 0.3 is 10.2 Å². The predicted molar refractivity (Wildman–Crippen MR) is 297 cm³/mol. The number of nitrogens with zero attached hydrogens (tertiary/aromatic N) is 7. The molecule has 2 amide bonds. The van der Waals surface area contributed by atoms with Gasteiger partial charge in [-0.15, -0.1) is 11.3 Å². The number of hydrogen-bond acceptors (Lipinski definition) is 14. The Morgan fingerprint density at radius 1 is 0.925 bits per heavy atom. The van der Waals surface area contributed by atoms with E-state index in [9.17, 15) is 32.3 Å². The summed E-state index contributed by atoms with van der Waals surface area (Å²) in [6.45, 7) is 11.8. The molecule has 18 nitrogen and oxygen atoms in total. The molecule has 4 N–H and O–H groups in total. The third-order valence-electron chi connectivity index (χ3n) is 15.2. The van der Waals surface area contributed by atoms with E-state index in [1.165, 1.54) is 11.1 Å². The third-order valence-corrected chi connectivity index (χ3v) is 17.7. The minimum atomic E-state index is -4.37. The van der Waals surface area contributed by atoms with Gasteiger partial charge in [0.05, 0.1) is 46.1 Å². The van der Waals surface area contributed by atoms with Crippen LogP contribution in [-0.2, 0) is 19.8 Å². The van der Waals surface area contributed by atoms with Crippen molar-refractivity contribution in [3.05, 3.63) is 130 Å². The molecule has 3 saturated heterocycles. The number of nitrogens with one attached hydrogen (secondary N) is 3. The van der Waals surface area contributed by atoms with Gasteiger partial charge in [0.1, 0.15) is 29.6 Å². The number of halogens is 3. The van der Waals surface area contributed by atoms with Gasteiger partial charge in [0.15, 0.2) is 11.6 Å². The number of thiazole rings is 1. The standard InChI is InChI=1S/C57H63F3N10O8S2/c1-33(2)50(57(74)70-31-42(71)26-47(70)56(73)64-34(3)36-7-9-38(10-8-36)54-35(4)63-32-79-54)48-27-49(65-78-48)77-24-6-5-18-67-20-22-68(23-21-67)41-13-11-37(12-14-41)39-25-43-44(29-62-55(43)61-28-39)53(72)51-45(59)15-16-46(52(51)60)66-80(75,76)69-19-17-40(58)30-69/h7-16,25,27-29,32-34,40,42,47,50,66,71H,5-6,17-24,26,30-31H2,1-4H3,(H,61,62)(H,64,73)/t34-,40+,42+,47-,50+/m0/s1. The number of rotatable bonds is 20. The molecule has 0 radical (unpaired) electrons. The van der Waals surface area contributed by atoms with Crippen molar-refractivity contribution < 1.29 is 50.3 Å². The highest BCUT2D eigenvalue weighted by atomic mass is 32.2. The third kappa shape index (κ3) is 12.1. The van der Waals surface area contributed by atoms with Crippen molar-refractivity contribution >= 4 is 61.6 Å². The van der Waals surface area contributed by atoms with E-state index in [-0.39, 0.29) is 61.1 Å². The number of ether oxygens (including phenoxy) is 1. The molecule has 3 aliphatic heterocycles. The number of unbranched alkanes of at least 4 members (excludes halogenated alkanes) is 1. The maximum Gasteiger partial charge on any atom is 0.301 e. The van der Waals surface area contributed by atoms with Crippen LogP contribution in [0.1, 0.15) is 91.4 Å². The second-order valence-corrected chi connectivity index (χ2v) is 23.5. The van der Waals surface area contributed by atoms with Gasteiger partial charge in [-0.05, 0) is 97.8 Å². The molecule has 3 aromatic carbocycles. The summed E-state index contributed by atoms with van der Waals surface area (Å²) < 4.78 is 85.0. The monoisotopic (exact) mass is 1140 g/mol. The maximum absolute atomic E-state index is 15.8. The van der Waals surface area contributed by atoms with Crippen LogP contribution >= 0.6 is 11.3 Å². The fourth-order valence-electron chi connectivity index (χ4n) is 10.7. The highest BCUT2D eigenvalue weighted by molar-refractivity contribution is 7.90. The van der Waals surface area contributed by atoms with Gasteiger partial charge in [0, 0.05) is 92.9 Å². The Morgan fingerprint density at radius 2 is 1.68 bits per heavy atom. The molecule has 4 aromatic heterocycles. The lowest BCUT2D eigenvalue weighted by atomic mass is 9.91. The van der Waals surface area contributed by atoms with E-state index in [1.54, 1.807) is 29.7 Å². The normalized spacial score (nSPS) is 19.0. The molecular formula is C57H63F3N10O8S2. The van der Waals surface area contributed by atoms with Crippen molar-refractivity contribution in [2.75, 3.05) is 68.6 Å². The number of piperazine rings is 1. The van der Waals surface area contributed by atoms with Crippen LogP contribution in [0.5, 0.6) is 5.88 Å². The molecule has 23 heteroatoms. The summed E-state index contributed by atoms with van der Waals surface area (Å²) in [6, 6.07) is 19.7. The van der Waals surface area contributed by atoms with Crippen molar-refractivity contribution in [3.8, 4) is 27.4 Å². The molecule has 3 fully saturated rings. The minimum absolute atomic E-state index is 0.00494. The van der Waals surface area contributed by atoms with Crippen LogP contribution in [0.15, 0.2) is 95.2 Å². The van der Waals surface area contributed by atoms with Crippen molar-refractivity contribution in [2.45, 2.75) is 83.7 Å². The first-order valence-electron chi connectivity index (χ1n) is 26.8. The molecule has 10 rings (SSSR count). The molecule has 0 saturated carbocycles. The van der Waals surface area contributed by atoms with Crippen LogP contribution in [0.25, 0.3) is 32.6 Å². The number of ketones is 1. The van der Waals surface area contributed by atoms with Crippen LogP contribution in [0.4, 0.5) is 24.5 Å². The van der Waals surface area contributed by atoms with E-state index >= 15 is 8.78 Å². The van der Waals surface area contributed by atoms with E-state index < -0.39 is 69.7 Å². The average Bonchev–Trinajstić information content (AvgIpc) is 4.38. The number of amides is 2. The number of aliphatic hydroxyl groups is 1. The number of likely N-dealkylation sites (tertiary alicyclic amines) is 1. The van der Waals surface area contributed by atoms with Crippen molar-refractivity contribution in [2.24, 2.45) is 5.92 Å². The number of anilines is 2. The van der Waals surface area contributed by atoms with E-state index in [0.717, 1.165) is 95.0 Å². The van der Waals surface area contributed by atoms with Crippen LogP contribution in [-0.4, -0.2) is 143 Å². The zero-order valence-electron chi connectivity index (χ0n) is 44.7. The quantitative estimate of drug-likeness (QED) is 0.0417. The lowest BCUT2D eigenvalue weighted by Gasteiger charge is -2.36. The Bertz CT molecular complexity index is 3480. The Balaban J connectivity index is 0.678. The molecule has 7 heterocycles. The topological polar surface area (TPSA) is 219 Å². The summed E-state index contributed by atoms with van der Waals surface area (Å²) in [6.07, 6.45) is 2.50. The van der Waals surface area contributed by atoms with Gasteiger partial charge in [0.25, 0.3) is 5.88 Å². The van der Waals surface area contributed by atoms with Crippen LogP contribution in [0.2, 0.25) is 0 Å². The molecule has 5 atom stereocenters. The first-order valence-corrected chi connectivity index (χ1v) is 29.1. The van der Waals surface area contributed by atoms with E-state index in [0.29, 0.717) is 29.0 Å². The summed E-state index contributed by atoms with van der Waals surface area (Å²) in [4.78, 5) is 60.7. The van der Waals surface area contributed by atoms with Crippen molar-refractivity contribution in [1.29, 1.82) is 0 Å². The summed E-state index contributed by atoms with van der Waals surface area (Å²) in [5, 5.41) is 18.2. The predicted octanol–water partition coefficient (Wildman–Crippen LogP) is 8.42. The van der Waals surface area contributed by atoms with Gasteiger partial charge in [-0.25, -0.2) is 23.1 Å². The molecule has 0 aliphatic carbocycles. The first-order chi connectivity index (χ1) is 38.4. The summed E-state index contributed by atoms with van der Waals surface area (Å²) >= 11 is 1.58. The number of aromatic nitrogens is 4. The van der Waals surface area contributed by atoms with E-state index in [4.69, 9.17) is 9.26 Å². The lowest BCUT2D eigenvalue weighted by molar-refractivity contribution is -0.141. The highest BCUT2D eigenvalue weighted by Crippen LogP contribution is 2.35. The Hall–Kier alpha value is -7.18. The SMILES string of the molecule is Cc1ncsc1-c1ccc([C@H](C)NC(=O)[C@@H]2C[C@@H](O)CN2C(=O)[C@@H](c2cc(OCCCCN3CCN(c4ccc(-c5cnc6[nH]cc(C(=O)c7c(F)ccc(NS(=O)(=O)N8CC[C@@H](F)C8)c7F)c6c5)cc4)CC3)no2)C(C)C)cc1. The van der Waals surface area contributed by atoms with Gasteiger partial charge in [0.2, 0.25) is 17.6 Å². The molecule has 80 heavy (non-hydrogen) atoms. The Morgan fingerprint density at radius 3 is 2.38 bits per heavy atom. The number of pyridine rings is 1. The molecular weight excluding hydrogens is 1070 g/mol. The number of aliphatic hydroxyl groups excluding tert-OH is 1. The van der Waals surface area contributed by atoms with Gasteiger partial charge in [-0.1, -0.05) is 50.2 Å². The number of aromatic amines is 1. The van der Waals surface area contributed by atoms with Gasteiger partial charge in [-0.2, -0.15) is 12.7 Å². The molecule has 0 unspecified atom stereocenters. The number of alkyl halides is 1. The van der Waals surface area contributed by atoms with Crippen molar-refractivity contribution in [3.63, 3.8) is 0 Å². The molecule has 0 spiro atoms. The number of carbonyl (C=O) groups excluding carboxylic acids is 3. The number of fused-ring (bicyclic) bond motifs is 1. The second kappa shape index (κ2) is 23.9. The zero-order chi connectivity index (χ0) is 56.4. The smallest absolute Gasteiger partial charge is 0.301 e. The molecule has 3 aliphatic rings. The number of β-amino-alcohol motifs (C(OH)–C–C–N with tert-alkyl or cyclic N) is 1. The number of carbonyl (C=O) groups is 3. The molecule has 7 aromatic rings. The van der Waals surface area contributed by atoms with E-state index in [2.05, 4.69) is 35.2 Å². The minimum Gasteiger partial charge on any atom is -0.476 e. The molecule has 0 bridgehead atoms. The fourth-order valence-corrected chi connectivity index (χ4v) is 12.8. The fraction of sp³-hybridized carbons (Fsp3) is 0.404. The second-order valence-electron chi connectivity index (χ2n) is 21.0. The average molecular weight is 1140 g/mol. The Labute approximate surface area is 465 Å². The lowest BCUT2D eigenvalue weighted by Crippen LogP contribution is -2.48. The number of benzene rings is 3. The number of hydrogen-bond donors (Lipinski definition) is 4. The first kappa shape index (κ1) is 56.1. The highest BCUT2D eigenvalue weighted by Gasteiger charge is 2.44. The van der Waals surface area contributed by atoms with Crippen LogP contribution < -0.4 is 19.7 Å². The number of H-pyrrole nitrogens is 1. The van der Waals surface area contributed by atoms with Crippen LogP contribution in [0.3, 0.4) is 0 Å². The number of aryl methyl sites for hydroxylation is 1. The van der Waals surface area contributed by atoms with Gasteiger partial charge < -0.3 is 34.5 Å². The Kier molecular flexibility index (Phi) is 16.7. The van der Waals surface area contributed by atoms with Gasteiger partial charge in [-0.3, -0.25) is 24.0 Å². The summed E-state index contributed by atoms with van der Waals surface area (Å²) in [7, 11) is -4.37. The van der Waals surface area contributed by atoms with Crippen LogP contribution in [0, 0.1) is 24.5 Å². The zero-order valence-corrected chi connectivity index (χ0v) is 46.3. The maximum atomic E-state index is 15.8. The molecule has 422 valence electrons. The largest absolute Gasteiger partial charge is 0.476 e. The summed E-state index contributed by atoms with van der Waals surface area (Å²) in [5.74, 6) is -4.60.